The molecule has 1 unspecified atom stereocenters. The zero-order chi connectivity index (χ0) is 14.5. The minimum Gasteiger partial charge on any atom is -0.493 e. The van der Waals surface area contributed by atoms with Gasteiger partial charge in [0.1, 0.15) is 5.69 Å². The third-order valence-electron chi connectivity index (χ3n) is 3.05. The van der Waals surface area contributed by atoms with E-state index in [2.05, 4.69) is 24.9 Å². The average molecular weight is 296 g/mol. The van der Waals surface area contributed by atoms with Gasteiger partial charge in [-0.15, -0.1) is 5.10 Å². The average Bonchev–Trinajstić information content (AvgIpc) is 3.07. The predicted molar refractivity (Wildman–Crippen MR) is 78.1 cm³/mol. The van der Waals surface area contributed by atoms with E-state index in [1.54, 1.807) is 19.5 Å². The quantitative estimate of drug-likeness (QED) is 0.807. The lowest BCUT2D eigenvalue weighted by molar-refractivity contribution is 0.361. The van der Waals surface area contributed by atoms with Crippen LogP contribution in [0.15, 0.2) is 12.4 Å². The third-order valence-corrected chi connectivity index (χ3v) is 3.78. The first-order chi connectivity index (χ1) is 9.67. The first-order valence-electron chi connectivity index (χ1n) is 6.36. The summed E-state index contributed by atoms with van der Waals surface area (Å²) in [5, 5.41) is 11.6. The van der Waals surface area contributed by atoms with Crippen molar-refractivity contribution < 1.29 is 4.74 Å². The van der Waals surface area contributed by atoms with E-state index in [0.29, 0.717) is 0 Å². The predicted octanol–water partition coefficient (Wildman–Crippen LogP) is 0.614. The molecule has 1 atom stereocenters. The van der Waals surface area contributed by atoms with Crippen LogP contribution < -0.4 is 10.1 Å². The lowest BCUT2D eigenvalue weighted by Gasteiger charge is -2.18. The van der Waals surface area contributed by atoms with Crippen LogP contribution >= 0.6 is 11.5 Å². The second-order valence-corrected chi connectivity index (χ2v) is 5.48. The number of aromatic nitrogens is 4. The molecule has 2 heterocycles. The fourth-order valence-electron chi connectivity index (χ4n) is 2.01. The molecule has 2 aromatic rings. The number of rotatable bonds is 7. The summed E-state index contributed by atoms with van der Waals surface area (Å²) in [7, 11) is 7.66. The van der Waals surface area contributed by atoms with Gasteiger partial charge in [-0.1, -0.05) is 4.49 Å². The van der Waals surface area contributed by atoms with Gasteiger partial charge in [0.05, 0.1) is 37.0 Å². The zero-order valence-electron chi connectivity index (χ0n) is 12.2. The number of hydrogen-bond acceptors (Lipinski definition) is 7. The standard InChI is InChI=1S/C12H20N6OS/c1-13-11(10-8-14-16-20-10)12-9(19-4)7-15-18(12)6-5-17(2)3/h7-8,11,13H,5-6H2,1-4H3. The number of nitrogens with zero attached hydrogens (tertiary/aromatic N) is 5. The summed E-state index contributed by atoms with van der Waals surface area (Å²) in [5.41, 5.74) is 1.00. The van der Waals surface area contributed by atoms with Crippen LogP contribution in [0.4, 0.5) is 0 Å². The molecule has 0 aliphatic rings. The van der Waals surface area contributed by atoms with Crippen molar-refractivity contribution >= 4 is 11.5 Å². The fraction of sp³-hybridized carbons (Fsp3) is 0.583. The molecule has 0 aromatic carbocycles. The van der Waals surface area contributed by atoms with E-state index in [1.165, 1.54) is 11.5 Å². The summed E-state index contributed by atoms with van der Waals surface area (Å²) in [6.45, 7) is 1.71. The highest BCUT2D eigenvalue weighted by molar-refractivity contribution is 7.05. The van der Waals surface area contributed by atoms with Gasteiger partial charge < -0.3 is 15.0 Å². The van der Waals surface area contributed by atoms with Crippen LogP contribution in [0.3, 0.4) is 0 Å². The van der Waals surface area contributed by atoms with E-state index in [-0.39, 0.29) is 6.04 Å². The molecule has 0 aliphatic carbocycles. The van der Waals surface area contributed by atoms with Crippen molar-refractivity contribution in [1.82, 2.24) is 29.6 Å². The van der Waals surface area contributed by atoms with Crippen LogP contribution in [0.1, 0.15) is 16.6 Å². The Bertz CT molecular complexity index is 524. The summed E-state index contributed by atoms with van der Waals surface area (Å²) in [5.74, 6) is 0.775. The Morgan fingerprint density at radius 3 is 2.80 bits per heavy atom. The first-order valence-corrected chi connectivity index (χ1v) is 7.13. The normalized spacial score (nSPS) is 12.8. The molecule has 110 valence electrons. The molecule has 0 bridgehead atoms. The van der Waals surface area contributed by atoms with Crippen molar-refractivity contribution in [2.24, 2.45) is 0 Å². The van der Waals surface area contributed by atoms with Gasteiger partial charge in [0.2, 0.25) is 0 Å². The maximum atomic E-state index is 5.44. The molecule has 1 N–H and O–H groups in total. The maximum Gasteiger partial charge on any atom is 0.161 e. The number of hydrogen-bond donors (Lipinski definition) is 1. The molecule has 8 heteroatoms. The van der Waals surface area contributed by atoms with E-state index >= 15 is 0 Å². The summed E-state index contributed by atoms with van der Waals surface area (Å²) in [6, 6.07) is -0.0189. The second kappa shape index (κ2) is 6.78. The van der Waals surface area contributed by atoms with Gasteiger partial charge in [-0.2, -0.15) is 5.10 Å². The topological polar surface area (TPSA) is 68.1 Å². The van der Waals surface area contributed by atoms with Crippen LogP contribution in [0.2, 0.25) is 0 Å². The van der Waals surface area contributed by atoms with Crippen molar-refractivity contribution in [2.75, 3.05) is 34.8 Å². The van der Waals surface area contributed by atoms with Crippen LogP contribution in [0, 0.1) is 0 Å². The van der Waals surface area contributed by atoms with Gasteiger partial charge in [0, 0.05) is 6.54 Å². The Hall–Kier alpha value is -1.51. The largest absolute Gasteiger partial charge is 0.493 e. The van der Waals surface area contributed by atoms with Gasteiger partial charge in [0.15, 0.2) is 5.75 Å². The second-order valence-electron chi connectivity index (χ2n) is 4.67. The van der Waals surface area contributed by atoms with E-state index < -0.39 is 0 Å². The Labute approximate surface area is 122 Å². The maximum absolute atomic E-state index is 5.44. The minimum absolute atomic E-state index is 0.0189. The van der Waals surface area contributed by atoms with Crippen molar-refractivity contribution in [3.63, 3.8) is 0 Å². The molecule has 0 fully saturated rings. The van der Waals surface area contributed by atoms with Crippen molar-refractivity contribution in [1.29, 1.82) is 0 Å². The molecule has 0 aliphatic heterocycles. The molecule has 0 amide bonds. The highest BCUT2D eigenvalue weighted by Gasteiger charge is 2.24. The van der Waals surface area contributed by atoms with Crippen LogP contribution in [0.25, 0.3) is 0 Å². The first kappa shape index (κ1) is 14.9. The highest BCUT2D eigenvalue weighted by Crippen LogP contribution is 2.30. The lowest BCUT2D eigenvalue weighted by Crippen LogP contribution is -2.25. The van der Waals surface area contributed by atoms with Gasteiger partial charge in [-0.05, 0) is 32.7 Å². The lowest BCUT2D eigenvalue weighted by atomic mass is 10.1. The minimum atomic E-state index is -0.0189. The fourth-order valence-corrected chi connectivity index (χ4v) is 2.63. The Morgan fingerprint density at radius 2 is 2.25 bits per heavy atom. The van der Waals surface area contributed by atoms with E-state index in [0.717, 1.165) is 29.4 Å². The summed E-state index contributed by atoms with van der Waals surface area (Å²) in [4.78, 5) is 3.16. The van der Waals surface area contributed by atoms with E-state index in [1.807, 2.05) is 25.8 Å². The molecule has 0 saturated heterocycles. The van der Waals surface area contributed by atoms with Crippen LogP contribution in [-0.4, -0.2) is 59.1 Å². The molecule has 2 rings (SSSR count). The Morgan fingerprint density at radius 1 is 1.45 bits per heavy atom. The molecular formula is C12H20N6OS. The summed E-state index contributed by atoms with van der Waals surface area (Å²) in [6.07, 6.45) is 3.53. The molecular weight excluding hydrogens is 276 g/mol. The van der Waals surface area contributed by atoms with Crippen molar-refractivity contribution in [2.45, 2.75) is 12.6 Å². The molecule has 0 radical (unpaired) electrons. The smallest absolute Gasteiger partial charge is 0.161 e. The third kappa shape index (κ3) is 3.14. The monoisotopic (exact) mass is 296 g/mol. The van der Waals surface area contributed by atoms with E-state index in [4.69, 9.17) is 4.74 Å². The van der Waals surface area contributed by atoms with Gasteiger partial charge >= 0.3 is 0 Å². The number of likely N-dealkylation sites (N-methyl/N-ethyl adjacent to an activating group) is 1. The number of ether oxygens (including phenoxy) is 1. The van der Waals surface area contributed by atoms with Crippen molar-refractivity contribution in [3.05, 3.63) is 23.0 Å². The van der Waals surface area contributed by atoms with Gasteiger partial charge in [-0.25, -0.2) is 0 Å². The SMILES string of the molecule is CNC(c1cnns1)c1c(OC)cnn1CCN(C)C. The molecule has 7 nitrogen and oxygen atoms in total. The van der Waals surface area contributed by atoms with Crippen LogP contribution in [0.5, 0.6) is 5.75 Å². The molecule has 0 saturated carbocycles. The number of nitrogens with one attached hydrogen (secondary N) is 1. The van der Waals surface area contributed by atoms with Crippen molar-refractivity contribution in [3.8, 4) is 5.75 Å². The molecule has 2 aromatic heterocycles. The molecule has 0 spiro atoms. The zero-order valence-corrected chi connectivity index (χ0v) is 13.0. The van der Waals surface area contributed by atoms with Crippen LogP contribution in [-0.2, 0) is 6.54 Å². The Kier molecular flexibility index (Phi) is 5.05. The van der Waals surface area contributed by atoms with Gasteiger partial charge in [0.25, 0.3) is 0 Å². The highest BCUT2D eigenvalue weighted by atomic mass is 32.1. The Balaban J connectivity index is 2.34. The van der Waals surface area contributed by atoms with Gasteiger partial charge in [-0.3, -0.25) is 4.68 Å². The summed E-state index contributed by atoms with van der Waals surface area (Å²) < 4.78 is 11.3. The number of methoxy groups -OCH3 is 1. The van der Waals surface area contributed by atoms with E-state index in [9.17, 15) is 0 Å². The molecule has 20 heavy (non-hydrogen) atoms. The summed E-state index contributed by atoms with van der Waals surface area (Å²) >= 11 is 1.38.